The molecule has 4 rings (SSSR count). The lowest BCUT2D eigenvalue weighted by Crippen LogP contribution is -2.48. The standard InChI is InChI=1S/C19H20N4O4/c24-12-22-5-7-23(8-6-22)19(25)15-3-4-20-18(10-15)21-11-14-1-2-16-17(9-14)27-13-26-16/h1-4,9-10,12H,5-8,11,13H2,(H,20,21). The number of nitrogens with zero attached hydrogens (tertiary/aromatic N) is 3. The van der Waals surface area contributed by atoms with Crippen molar-refractivity contribution < 1.29 is 19.1 Å². The second-order valence-electron chi connectivity index (χ2n) is 6.40. The summed E-state index contributed by atoms with van der Waals surface area (Å²) in [5.74, 6) is 2.07. The Hall–Kier alpha value is -3.29. The molecule has 1 N–H and O–H groups in total. The lowest BCUT2D eigenvalue weighted by Gasteiger charge is -2.32. The van der Waals surface area contributed by atoms with Crippen molar-refractivity contribution >= 4 is 18.1 Å². The Morgan fingerprint density at radius 1 is 1.11 bits per heavy atom. The van der Waals surface area contributed by atoms with E-state index in [1.807, 2.05) is 18.2 Å². The van der Waals surface area contributed by atoms with E-state index in [1.165, 1.54) is 0 Å². The number of hydrogen-bond acceptors (Lipinski definition) is 6. The summed E-state index contributed by atoms with van der Waals surface area (Å²) >= 11 is 0. The number of carbonyl (C=O) groups excluding carboxylic acids is 2. The molecule has 1 aromatic heterocycles. The molecule has 1 aromatic carbocycles. The Morgan fingerprint density at radius 3 is 2.74 bits per heavy atom. The number of carbonyl (C=O) groups is 2. The van der Waals surface area contributed by atoms with Gasteiger partial charge in [-0.15, -0.1) is 0 Å². The first-order valence-electron chi connectivity index (χ1n) is 8.80. The molecule has 140 valence electrons. The summed E-state index contributed by atoms with van der Waals surface area (Å²) < 4.78 is 10.7. The molecule has 2 aliphatic rings. The molecular weight excluding hydrogens is 348 g/mol. The van der Waals surface area contributed by atoms with Crippen LogP contribution in [0.1, 0.15) is 15.9 Å². The number of amides is 2. The van der Waals surface area contributed by atoms with Crippen molar-refractivity contribution in [3.8, 4) is 11.5 Å². The quantitative estimate of drug-likeness (QED) is 0.802. The summed E-state index contributed by atoms with van der Waals surface area (Å²) in [4.78, 5) is 31.2. The van der Waals surface area contributed by atoms with Gasteiger partial charge in [0.05, 0.1) is 0 Å². The minimum absolute atomic E-state index is 0.0471. The fourth-order valence-corrected chi connectivity index (χ4v) is 3.12. The molecule has 0 spiro atoms. The van der Waals surface area contributed by atoms with Crippen LogP contribution < -0.4 is 14.8 Å². The fourth-order valence-electron chi connectivity index (χ4n) is 3.12. The molecule has 1 saturated heterocycles. The zero-order chi connectivity index (χ0) is 18.6. The van der Waals surface area contributed by atoms with Crippen LogP contribution in [0.5, 0.6) is 11.5 Å². The van der Waals surface area contributed by atoms with E-state index in [0.717, 1.165) is 23.5 Å². The monoisotopic (exact) mass is 368 g/mol. The molecule has 0 unspecified atom stereocenters. The Bertz CT molecular complexity index is 849. The summed E-state index contributed by atoms with van der Waals surface area (Å²) in [5.41, 5.74) is 1.61. The largest absolute Gasteiger partial charge is 0.454 e. The van der Waals surface area contributed by atoms with Crippen molar-refractivity contribution in [1.82, 2.24) is 14.8 Å². The number of rotatable bonds is 5. The topological polar surface area (TPSA) is 84.0 Å². The normalized spacial score (nSPS) is 15.6. The van der Waals surface area contributed by atoms with Gasteiger partial charge in [0.25, 0.3) is 5.91 Å². The van der Waals surface area contributed by atoms with Gasteiger partial charge in [-0.05, 0) is 29.8 Å². The summed E-state index contributed by atoms with van der Waals surface area (Å²) in [6.07, 6.45) is 2.45. The van der Waals surface area contributed by atoms with Crippen LogP contribution in [0.2, 0.25) is 0 Å². The van der Waals surface area contributed by atoms with E-state index in [0.29, 0.717) is 44.1 Å². The van der Waals surface area contributed by atoms with Crippen LogP contribution in [0.4, 0.5) is 5.82 Å². The Morgan fingerprint density at radius 2 is 1.93 bits per heavy atom. The van der Waals surface area contributed by atoms with Crippen molar-refractivity contribution in [2.75, 3.05) is 38.3 Å². The predicted molar refractivity (Wildman–Crippen MR) is 97.7 cm³/mol. The number of piperazine rings is 1. The van der Waals surface area contributed by atoms with E-state index in [9.17, 15) is 9.59 Å². The highest BCUT2D eigenvalue weighted by Gasteiger charge is 2.21. The van der Waals surface area contributed by atoms with Gasteiger partial charge in [-0.25, -0.2) is 4.98 Å². The van der Waals surface area contributed by atoms with Crippen molar-refractivity contribution in [1.29, 1.82) is 0 Å². The summed E-state index contributed by atoms with van der Waals surface area (Å²) in [5, 5.41) is 3.23. The Labute approximate surface area is 156 Å². The molecule has 0 atom stereocenters. The van der Waals surface area contributed by atoms with Crippen LogP contribution >= 0.6 is 0 Å². The Balaban J connectivity index is 1.39. The van der Waals surface area contributed by atoms with Gasteiger partial charge in [0.2, 0.25) is 13.2 Å². The summed E-state index contributed by atoms with van der Waals surface area (Å²) in [6.45, 7) is 3.02. The molecule has 0 radical (unpaired) electrons. The minimum atomic E-state index is -0.0471. The van der Waals surface area contributed by atoms with Gasteiger partial charge in [0.1, 0.15) is 5.82 Å². The molecule has 2 amide bonds. The molecule has 27 heavy (non-hydrogen) atoms. The molecule has 2 aliphatic heterocycles. The number of anilines is 1. The van der Waals surface area contributed by atoms with E-state index in [4.69, 9.17) is 9.47 Å². The van der Waals surface area contributed by atoms with Crippen LogP contribution in [0, 0.1) is 0 Å². The molecule has 1 fully saturated rings. The van der Waals surface area contributed by atoms with Gasteiger partial charge in [0.15, 0.2) is 11.5 Å². The number of nitrogens with one attached hydrogen (secondary N) is 1. The third kappa shape index (κ3) is 3.79. The van der Waals surface area contributed by atoms with Crippen LogP contribution in [0.15, 0.2) is 36.5 Å². The number of benzene rings is 1. The van der Waals surface area contributed by atoms with Gasteiger partial charge in [-0.2, -0.15) is 0 Å². The van der Waals surface area contributed by atoms with Gasteiger partial charge in [-0.3, -0.25) is 9.59 Å². The predicted octanol–water partition coefficient (Wildman–Crippen LogP) is 1.34. The van der Waals surface area contributed by atoms with E-state index in [-0.39, 0.29) is 12.7 Å². The second kappa shape index (κ2) is 7.53. The van der Waals surface area contributed by atoms with Crippen molar-refractivity contribution in [3.05, 3.63) is 47.7 Å². The van der Waals surface area contributed by atoms with Gasteiger partial charge in [-0.1, -0.05) is 6.07 Å². The number of fused-ring (bicyclic) bond motifs is 1. The Kier molecular flexibility index (Phi) is 4.78. The van der Waals surface area contributed by atoms with E-state index < -0.39 is 0 Å². The minimum Gasteiger partial charge on any atom is -0.454 e. The van der Waals surface area contributed by atoms with Crippen LogP contribution in [0.25, 0.3) is 0 Å². The third-order valence-corrected chi connectivity index (χ3v) is 4.67. The molecule has 0 aliphatic carbocycles. The first-order chi connectivity index (χ1) is 13.2. The van der Waals surface area contributed by atoms with Gasteiger partial charge in [0, 0.05) is 44.5 Å². The van der Waals surface area contributed by atoms with Crippen molar-refractivity contribution in [3.63, 3.8) is 0 Å². The maximum absolute atomic E-state index is 12.7. The molecule has 0 bridgehead atoms. The lowest BCUT2D eigenvalue weighted by molar-refractivity contribution is -0.119. The van der Waals surface area contributed by atoms with Crippen LogP contribution in [-0.2, 0) is 11.3 Å². The molecule has 8 nitrogen and oxygen atoms in total. The second-order valence-corrected chi connectivity index (χ2v) is 6.40. The van der Waals surface area contributed by atoms with Gasteiger partial charge < -0.3 is 24.6 Å². The molecular formula is C19H20N4O4. The number of ether oxygens (including phenoxy) is 2. The average Bonchev–Trinajstić information content (AvgIpc) is 3.20. The number of aromatic nitrogens is 1. The lowest BCUT2D eigenvalue weighted by atomic mass is 10.2. The smallest absolute Gasteiger partial charge is 0.254 e. The van der Waals surface area contributed by atoms with E-state index in [1.54, 1.807) is 28.1 Å². The average molecular weight is 368 g/mol. The SMILES string of the molecule is O=CN1CCN(C(=O)c2ccnc(NCc3ccc4c(c3)OCO4)c2)CC1. The zero-order valence-electron chi connectivity index (χ0n) is 14.8. The molecule has 3 heterocycles. The van der Waals surface area contributed by atoms with Crippen LogP contribution in [0.3, 0.4) is 0 Å². The fraction of sp³-hybridized carbons (Fsp3) is 0.316. The highest BCUT2D eigenvalue weighted by atomic mass is 16.7. The molecule has 0 saturated carbocycles. The van der Waals surface area contributed by atoms with E-state index in [2.05, 4.69) is 10.3 Å². The van der Waals surface area contributed by atoms with E-state index >= 15 is 0 Å². The zero-order valence-corrected chi connectivity index (χ0v) is 14.8. The van der Waals surface area contributed by atoms with Gasteiger partial charge >= 0.3 is 0 Å². The first-order valence-corrected chi connectivity index (χ1v) is 8.80. The highest BCUT2D eigenvalue weighted by molar-refractivity contribution is 5.95. The maximum atomic E-state index is 12.7. The summed E-state index contributed by atoms with van der Waals surface area (Å²) in [6, 6.07) is 9.23. The summed E-state index contributed by atoms with van der Waals surface area (Å²) in [7, 11) is 0. The maximum Gasteiger partial charge on any atom is 0.254 e. The highest BCUT2D eigenvalue weighted by Crippen LogP contribution is 2.32. The first kappa shape index (κ1) is 17.1. The number of pyridine rings is 1. The number of hydrogen-bond donors (Lipinski definition) is 1. The van der Waals surface area contributed by atoms with Crippen molar-refractivity contribution in [2.24, 2.45) is 0 Å². The van der Waals surface area contributed by atoms with Crippen LogP contribution in [-0.4, -0.2) is 60.1 Å². The third-order valence-electron chi connectivity index (χ3n) is 4.67. The molecule has 8 heteroatoms. The molecule has 2 aromatic rings. The van der Waals surface area contributed by atoms with Crippen molar-refractivity contribution in [2.45, 2.75) is 6.54 Å².